The summed E-state index contributed by atoms with van der Waals surface area (Å²) >= 11 is 1.65. The number of nitrogens with one attached hydrogen (secondary N) is 2. The summed E-state index contributed by atoms with van der Waals surface area (Å²) in [4.78, 5) is 15.0. The third-order valence-electron chi connectivity index (χ3n) is 5.84. The van der Waals surface area contributed by atoms with E-state index in [1.54, 1.807) is 11.3 Å². The van der Waals surface area contributed by atoms with Crippen molar-refractivity contribution >= 4 is 29.7 Å². The van der Waals surface area contributed by atoms with Crippen LogP contribution in [0.1, 0.15) is 65.6 Å². The topological polar surface area (TPSA) is 50.4 Å². The summed E-state index contributed by atoms with van der Waals surface area (Å²) in [5.74, 6) is 0.0717. The zero-order valence-electron chi connectivity index (χ0n) is 15.4. The van der Waals surface area contributed by atoms with E-state index in [-0.39, 0.29) is 30.0 Å². The first-order valence-corrected chi connectivity index (χ1v) is 10.5. The maximum absolute atomic E-state index is 12.8. The molecule has 6 heteroatoms. The van der Waals surface area contributed by atoms with Gasteiger partial charge in [-0.05, 0) is 76.6 Å². The van der Waals surface area contributed by atoms with E-state index in [1.165, 1.54) is 28.9 Å². The first kappa shape index (κ1) is 19.9. The molecule has 1 unspecified atom stereocenters. The molecule has 1 amide bonds. The normalized spacial score (nSPS) is 22.7. The van der Waals surface area contributed by atoms with Crippen molar-refractivity contribution in [2.24, 2.45) is 0 Å². The van der Waals surface area contributed by atoms with Crippen molar-refractivity contribution in [2.75, 3.05) is 19.7 Å². The van der Waals surface area contributed by atoms with E-state index in [0.717, 1.165) is 56.7 Å². The lowest BCUT2D eigenvalue weighted by atomic mass is 9.86. The quantitative estimate of drug-likeness (QED) is 0.761. The molecule has 3 heterocycles. The molecule has 4 rings (SSSR count). The lowest BCUT2D eigenvalue weighted by molar-refractivity contribution is -0.0771. The van der Waals surface area contributed by atoms with E-state index in [1.807, 2.05) is 0 Å². The molecule has 4 nitrogen and oxygen atoms in total. The molecule has 1 atom stereocenters. The fraction of sp³-hybridized carbons (Fsp3) is 0.650. The van der Waals surface area contributed by atoms with Crippen LogP contribution in [0.3, 0.4) is 0 Å². The maximum atomic E-state index is 12.8. The standard InChI is InChI=1S/C20H28N2O2S.ClH/c1-14(15-5-3-2-4-6-15)22-19(23)17-13-16-7-12-24-20(18(16)25-17)8-10-21-11-9-20;/h5,13-14,21H,2-4,6-12H2,1H3,(H,22,23);1H. The number of halogens is 1. The van der Waals surface area contributed by atoms with Crippen molar-refractivity contribution in [1.82, 2.24) is 10.6 Å². The molecule has 2 N–H and O–H groups in total. The lowest BCUT2D eigenvalue weighted by Crippen LogP contribution is -2.44. The van der Waals surface area contributed by atoms with Gasteiger partial charge in [-0.2, -0.15) is 0 Å². The molecule has 1 aromatic rings. The number of fused-ring (bicyclic) bond motifs is 2. The second-order valence-electron chi connectivity index (χ2n) is 7.53. The molecule has 1 aromatic heterocycles. The molecule has 26 heavy (non-hydrogen) atoms. The Morgan fingerprint density at radius 1 is 1.31 bits per heavy atom. The minimum Gasteiger partial charge on any atom is -0.369 e. The number of carbonyl (C=O) groups excluding carboxylic acids is 1. The second kappa shape index (κ2) is 8.42. The molecule has 1 fully saturated rings. The highest BCUT2D eigenvalue weighted by atomic mass is 35.5. The van der Waals surface area contributed by atoms with Crippen LogP contribution in [0.4, 0.5) is 0 Å². The summed E-state index contributed by atoms with van der Waals surface area (Å²) in [7, 11) is 0. The van der Waals surface area contributed by atoms with Gasteiger partial charge >= 0.3 is 0 Å². The van der Waals surface area contributed by atoms with E-state index >= 15 is 0 Å². The first-order valence-electron chi connectivity index (χ1n) is 9.66. The van der Waals surface area contributed by atoms with Gasteiger partial charge in [-0.3, -0.25) is 4.79 Å². The Hall–Kier alpha value is -0.880. The Morgan fingerprint density at radius 3 is 2.85 bits per heavy atom. The highest BCUT2D eigenvalue weighted by Crippen LogP contribution is 2.44. The van der Waals surface area contributed by atoms with Crippen LogP contribution in [0.5, 0.6) is 0 Å². The molecular weight excluding hydrogens is 368 g/mol. The van der Waals surface area contributed by atoms with Gasteiger partial charge in [-0.1, -0.05) is 11.6 Å². The molecule has 1 spiro atoms. The minimum atomic E-state index is -0.153. The van der Waals surface area contributed by atoms with E-state index in [2.05, 4.69) is 29.7 Å². The Labute approximate surface area is 166 Å². The van der Waals surface area contributed by atoms with Crippen LogP contribution < -0.4 is 10.6 Å². The van der Waals surface area contributed by atoms with Crippen LogP contribution in [-0.2, 0) is 16.8 Å². The van der Waals surface area contributed by atoms with Gasteiger partial charge in [0.15, 0.2) is 0 Å². The molecular formula is C20H29ClN2O2S. The molecule has 0 aromatic carbocycles. The number of allylic oxidation sites excluding steroid dienone is 1. The number of hydrogen-bond acceptors (Lipinski definition) is 4. The fourth-order valence-corrected chi connectivity index (χ4v) is 5.67. The lowest BCUT2D eigenvalue weighted by Gasteiger charge is -2.40. The summed E-state index contributed by atoms with van der Waals surface area (Å²) in [5.41, 5.74) is 2.56. The van der Waals surface area contributed by atoms with Gasteiger partial charge in [0.2, 0.25) is 0 Å². The van der Waals surface area contributed by atoms with E-state index in [4.69, 9.17) is 4.74 Å². The molecule has 0 saturated carbocycles. The molecule has 1 aliphatic carbocycles. The average molecular weight is 397 g/mol. The number of carbonyl (C=O) groups is 1. The van der Waals surface area contributed by atoms with E-state index in [9.17, 15) is 4.79 Å². The molecule has 3 aliphatic rings. The largest absolute Gasteiger partial charge is 0.369 e. The molecule has 0 bridgehead atoms. The van der Waals surface area contributed by atoms with Crippen molar-refractivity contribution in [3.05, 3.63) is 33.0 Å². The fourth-order valence-electron chi connectivity index (χ4n) is 4.35. The minimum absolute atomic E-state index is 0. The Morgan fingerprint density at radius 2 is 2.12 bits per heavy atom. The van der Waals surface area contributed by atoms with Crippen LogP contribution in [0.15, 0.2) is 17.7 Å². The third-order valence-corrected chi connectivity index (χ3v) is 7.20. The summed E-state index contributed by atoms with van der Waals surface area (Å²) < 4.78 is 6.23. The van der Waals surface area contributed by atoms with Gasteiger partial charge in [0.25, 0.3) is 5.91 Å². The van der Waals surface area contributed by atoms with Crippen molar-refractivity contribution in [1.29, 1.82) is 0 Å². The number of hydrogen-bond donors (Lipinski definition) is 2. The van der Waals surface area contributed by atoms with Crippen molar-refractivity contribution in [3.8, 4) is 0 Å². The van der Waals surface area contributed by atoms with Gasteiger partial charge in [-0.15, -0.1) is 23.7 Å². The predicted octanol–water partition coefficient (Wildman–Crippen LogP) is 3.94. The monoisotopic (exact) mass is 396 g/mol. The van der Waals surface area contributed by atoms with Crippen LogP contribution in [-0.4, -0.2) is 31.6 Å². The second-order valence-corrected chi connectivity index (χ2v) is 8.58. The van der Waals surface area contributed by atoms with E-state index < -0.39 is 0 Å². The smallest absolute Gasteiger partial charge is 0.261 e. The Bertz CT molecular complexity index is 679. The maximum Gasteiger partial charge on any atom is 0.261 e. The van der Waals surface area contributed by atoms with Crippen LogP contribution in [0, 0.1) is 0 Å². The van der Waals surface area contributed by atoms with Gasteiger partial charge in [0, 0.05) is 10.9 Å². The average Bonchev–Trinajstić information content (AvgIpc) is 3.09. The number of rotatable bonds is 3. The Kier molecular flexibility index (Phi) is 6.44. The van der Waals surface area contributed by atoms with E-state index in [0.29, 0.717) is 0 Å². The van der Waals surface area contributed by atoms with Gasteiger partial charge in [0.05, 0.1) is 11.5 Å². The summed E-state index contributed by atoms with van der Waals surface area (Å²) in [6.45, 7) is 4.86. The SMILES string of the molecule is CC(NC(=O)c1cc2c(s1)C1(CCNCC1)OCC2)C1=CCCCC1.Cl. The molecule has 144 valence electrons. The molecule has 0 radical (unpaired) electrons. The van der Waals surface area contributed by atoms with Crippen molar-refractivity contribution in [2.45, 2.75) is 63.5 Å². The highest BCUT2D eigenvalue weighted by Gasteiger charge is 2.41. The number of ether oxygens (including phenoxy) is 1. The predicted molar refractivity (Wildman–Crippen MR) is 108 cm³/mol. The highest BCUT2D eigenvalue weighted by molar-refractivity contribution is 7.14. The summed E-state index contributed by atoms with van der Waals surface area (Å²) in [6.07, 6.45) is 10.0. The first-order chi connectivity index (χ1) is 12.2. The summed E-state index contributed by atoms with van der Waals surface area (Å²) in [6, 6.07) is 2.25. The Balaban J connectivity index is 0.00000196. The van der Waals surface area contributed by atoms with Gasteiger partial charge in [0.1, 0.15) is 5.60 Å². The van der Waals surface area contributed by atoms with Crippen LogP contribution in [0.2, 0.25) is 0 Å². The zero-order chi connectivity index (χ0) is 17.3. The van der Waals surface area contributed by atoms with Gasteiger partial charge < -0.3 is 15.4 Å². The van der Waals surface area contributed by atoms with Crippen molar-refractivity contribution < 1.29 is 9.53 Å². The number of piperidine rings is 1. The summed E-state index contributed by atoms with van der Waals surface area (Å²) in [5, 5.41) is 6.63. The molecule has 1 saturated heterocycles. The number of thiophene rings is 1. The number of amides is 1. The third kappa shape index (κ3) is 3.86. The van der Waals surface area contributed by atoms with Crippen LogP contribution in [0.25, 0.3) is 0 Å². The van der Waals surface area contributed by atoms with Crippen molar-refractivity contribution in [3.63, 3.8) is 0 Å². The van der Waals surface area contributed by atoms with Gasteiger partial charge in [-0.25, -0.2) is 0 Å². The molecule has 2 aliphatic heterocycles. The van der Waals surface area contributed by atoms with Crippen LogP contribution >= 0.6 is 23.7 Å². The zero-order valence-corrected chi connectivity index (χ0v) is 17.1.